The van der Waals surface area contributed by atoms with E-state index in [0.717, 1.165) is 12.1 Å². The zero-order valence-corrected chi connectivity index (χ0v) is 16.4. The number of rotatable bonds is 11. The summed E-state index contributed by atoms with van der Waals surface area (Å²) in [6, 6.07) is 7.36. The van der Waals surface area contributed by atoms with Crippen LogP contribution in [-0.4, -0.2) is 50.6 Å². The van der Waals surface area contributed by atoms with Crippen LogP contribution in [0.25, 0.3) is 0 Å². The molecule has 1 aliphatic heterocycles. The Morgan fingerprint density at radius 2 is 1.89 bits per heavy atom. The van der Waals surface area contributed by atoms with Gasteiger partial charge in [0.15, 0.2) is 0 Å². The first kappa shape index (κ1) is 21.7. The van der Waals surface area contributed by atoms with Gasteiger partial charge in [-0.15, -0.1) is 10.7 Å². The Kier molecular flexibility index (Phi) is 8.30. The number of hydrazine groups is 2. The van der Waals surface area contributed by atoms with Gasteiger partial charge < -0.3 is 24.4 Å². The van der Waals surface area contributed by atoms with Gasteiger partial charge in [0.1, 0.15) is 17.9 Å². The number of hydrogen-bond donors (Lipinski definition) is 3. The molecule has 10 nitrogen and oxygen atoms in total. The maximum atomic E-state index is 11.8. The lowest BCUT2D eigenvalue weighted by molar-refractivity contribution is -0.152. The molecular formula is C18H28N4O6. The smallest absolute Gasteiger partial charge is 0.407 e. The van der Waals surface area contributed by atoms with Gasteiger partial charge in [-0.25, -0.2) is 9.59 Å². The van der Waals surface area contributed by atoms with E-state index in [1.165, 1.54) is 5.17 Å². The number of nitrogens with zero attached hydrogens (tertiary/aromatic N) is 1. The van der Waals surface area contributed by atoms with Gasteiger partial charge in [-0.3, -0.25) is 5.43 Å². The molecule has 0 saturated heterocycles. The Bertz CT molecular complexity index is 655. The summed E-state index contributed by atoms with van der Waals surface area (Å²) in [5.41, 5.74) is 6.61. The lowest BCUT2D eigenvalue weighted by Crippen LogP contribution is -2.39. The van der Waals surface area contributed by atoms with Gasteiger partial charge in [-0.2, -0.15) is 0 Å². The highest BCUT2D eigenvalue weighted by atomic mass is 16.8. The summed E-state index contributed by atoms with van der Waals surface area (Å²) in [7, 11) is 0. The summed E-state index contributed by atoms with van der Waals surface area (Å²) >= 11 is 0. The quantitative estimate of drug-likeness (QED) is 0.482. The van der Waals surface area contributed by atoms with Crippen molar-refractivity contribution in [2.75, 3.05) is 43.6 Å². The molecular weight excluding hydrogens is 368 g/mol. The van der Waals surface area contributed by atoms with Crippen molar-refractivity contribution in [2.24, 2.45) is 0 Å². The fourth-order valence-corrected chi connectivity index (χ4v) is 2.09. The van der Waals surface area contributed by atoms with Crippen molar-refractivity contribution in [3.05, 3.63) is 24.3 Å². The van der Waals surface area contributed by atoms with Crippen molar-refractivity contribution in [3.8, 4) is 0 Å². The molecule has 0 aliphatic carbocycles. The predicted octanol–water partition coefficient (Wildman–Crippen LogP) is 1.74. The van der Waals surface area contributed by atoms with E-state index < -0.39 is 17.7 Å². The van der Waals surface area contributed by atoms with E-state index in [-0.39, 0.29) is 19.8 Å². The molecule has 1 heterocycles. The number of benzene rings is 1. The highest BCUT2D eigenvalue weighted by Crippen LogP contribution is 2.28. The molecule has 0 atom stereocenters. The number of para-hydroxylation sites is 2. The minimum Gasteiger partial charge on any atom is -0.444 e. The summed E-state index contributed by atoms with van der Waals surface area (Å²) in [5.74, 6) is -0.547. The molecule has 156 valence electrons. The number of hydrogen-bond acceptors (Lipinski definition) is 9. The number of carbonyl (C=O) groups excluding carboxylic acids is 2. The topological polar surface area (TPSA) is 110 Å². The van der Waals surface area contributed by atoms with Crippen LogP contribution in [0.4, 0.5) is 16.2 Å². The van der Waals surface area contributed by atoms with Crippen LogP contribution in [0, 0.1) is 0 Å². The minimum absolute atomic E-state index is 0.208. The van der Waals surface area contributed by atoms with Crippen molar-refractivity contribution in [1.82, 2.24) is 10.9 Å². The molecule has 10 heteroatoms. The van der Waals surface area contributed by atoms with Crippen LogP contribution >= 0.6 is 0 Å². The molecule has 1 amide bonds. The number of alkyl carbamates (subject to hydrolysis) is 1. The molecule has 1 aliphatic rings. The second kappa shape index (κ2) is 10.7. The molecule has 28 heavy (non-hydrogen) atoms. The zero-order valence-electron chi connectivity index (χ0n) is 16.4. The van der Waals surface area contributed by atoms with Crippen molar-refractivity contribution < 1.29 is 28.6 Å². The highest BCUT2D eigenvalue weighted by Gasteiger charge is 2.22. The van der Waals surface area contributed by atoms with Crippen molar-refractivity contribution >= 4 is 23.4 Å². The number of anilines is 2. The normalized spacial score (nSPS) is 12.9. The fourth-order valence-electron chi connectivity index (χ4n) is 2.09. The molecule has 0 fully saturated rings. The predicted molar refractivity (Wildman–Crippen MR) is 102 cm³/mol. The monoisotopic (exact) mass is 396 g/mol. The van der Waals surface area contributed by atoms with Gasteiger partial charge in [0.25, 0.3) is 0 Å². The van der Waals surface area contributed by atoms with Crippen LogP contribution in [0.5, 0.6) is 0 Å². The number of amides is 1. The molecule has 0 radical (unpaired) electrons. The van der Waals surface area contributed by atoms with Crippen LogP contribution < -0.4 is 21.4 Å². The molecule has 0 unspecified atom stereocenters. The highest BCUT2D eigenvalue weighted by molar-refractivity contribution is 5.76. The van der Waals surface area contributed by atoms with Crippen molar-refractivity contribution in [1.29, 1.82) is 0 Å². The minimum atomic E-state index is -0.547. The Labute approximate surface area is 164 Å². The molecule has 1 aromatic carbocycles. The van der Waals surface area contributed by atoms with Crippen molar-refractivity contribution in [3.63, 3.8) is 0 Å². The van der Waals surface area contributed by atoms with Crippen molar-refractivity contribution in [2.45, 2.75) is 32.8 Å². The van der Waals surface area contributed by atoms with Gasteiger partial charge in [0.2, 0.25) is 0 Å². The van der Waals surface area contributed by atoms with Gasteiger partial charge in [0.05, 0.1) is 25.5 Å². The average Bonchev–Trinajstić information content (AvgIpc) is 3.06. The van der Waals surface area contributed by atoms with E-state index >= 15 is 0 Å². The average molecular weight is 396 g/mol. The molecule has 3 N–H and O–H groups in total. The molecule has 1 aromatic rings. The standard InChI is InChI=1S/C18H28N4O6/c1-4-18(2,3)27-17(24)19-9-10-25-11-12-26-13-16(23)28-22-15-8-6-5-7-14(15)20-21-22/h5-8,20-21H,4,9-13H2,1-3H3,(H,19,24). The zero-order chi connectivity index (χ0) is 20.4. The summed E-state index contributed by atoms with van der Waals surface area (Å²) in [6.07, 6.45) is 0.258. The molecule has 2 rings (SSSR count). The summed E-state index contributed by atoms with van der Waals surface area (Å²) in [5, 5.41) is 3.85. The third kappa shape index (κ3) is 7.22. The summed E-state index contributed by atoms with van der Waals surface area (Å²) in [4.78, 5) is 28.5. The Hall–Kier alpha value is -2.56. The van der Waals surface area contributed by atoms with Crippen LogP contribution in [0.1, 0.15) is 27.2 Å². The summed E-state index contributed by atoms with van der Waals surface area (Å²) < 4.78 is 15.8. The van der Waals surface area contributed by atoms with E-state index in [1.54, 1.807) is 6.07 Å². The largest absolute Gasteiger partial charge is 0.444 e. The van der Waals surface area contributed by atoms with Gasteiger partial charge >= 0.3 is 12.1 Å². The SMILES string of the molecule is CCC(C)(C)OC(=O)NCCOCCOCC(=O)ON1NNc2ccccc21. The molecule has 0 bridgehead atoms. The van der Waals surface area contributed by atoms with Crippen LogP contribution in [0.15, 0.2) is 24.3 Å². The number of fused-ring (bicyclic) bond motifs is 1. The number of carbonyl (C=O) groups is 2. The van der Waals surface area contributed by atoms with E-state index in [4.69, 9.17) is 19.0 Å². The number of nitrogens with one attached hydrogen (secondary N) is 3. The molecule has 0 saturated carbocycles. The van der Waals surface area contributed by atoms with Crippen LogP contribution in [-0.2, 0) is 23.8 Å². The molecule has 0 spiro atoms. The number of ether oxygens (including phenoxy) is 3. The van der Waals surface area contributed by atoms with E-state index in [9.17, 15) is 9.59 Å². The maximum Gasteiger partial charge on any atom is 0.407 e. The van der Waals surface area contributed by atoms with Gasteiger partial charge in [0, 0.05) is 6.54 Å². The first-order valence-electron chi connectivity index (χ1n) is 9.15. The van der Waals surface area contributed by atoms with E-state index in [1.807, 2.05) is 39.0 Å². The van der Waals surface area contributed by atoms with E-state index in [0.29, 0.717) is 18.8 Å². The van der Waals surface area contributed by atoms with E-state index in [2.05, 4.69) is 16.3 Å². The third-order valence-electron chi connectivity index (χ3n) is 3.94. The van der Waals surface area contributed by atoms with Crippen LogP contribution in [0.2, 0.25) is 0 Å². The first-order valence-corrected chi connectivity index (χ1v) is 9.15. The van der Waals surface area contributed by atoms with Gasteiger partial charge in [-0.1, -0.05) is 19.1 Å². The van der Waals surface area contributed by atoms with Crippen LogP contribution in [0.3, 0.4) is 0 Å². The first-order chi connectivity index (χ1) is 13.4. The molecule has 0 aromatic heterocycles. The Morgan fingerprint density at radius 3 is 2.68 bits per heavy atom. The lowest BCUT2D eigenvalue weighted by atomic mass is 10.1. The fraction of sp³-hybridized carbons (Fsp3) is 0.556. The van der Waals surface area contributed by atoms with Gasteiger partial charge in [-0.05, 0) is 32.4 Å². The lowest BCUT2D eigenvalue weighted by Gasteiger charge is -2.23. The maximum absolute atomic E-state index is 11.8. The second-order valence-electron chi connectivity index (χ2n) is 6.61. The summed E-state index contributed by atoms with van der Waals surface area (Å²) in [6.45, 7) is 6.59. The third-order valence-corrected chi connectivity index (χ3v) is 3.94. The second-order valence-corrected chi connectivity index (χ2v) is 6.61. The Balaban J connectivity index is 1.47. The Morgan fingerprint density at radius 1 is 1.14 bits per heavy atom.